The molecule has 0 spiro atoms. The molecule has 0 fully saturated rings. The number of unbranched alkanes of at least 4 members (excludes halogenated alkanes) is 6. The van der Waals surface area contributed by atoms with Gasteiger partial charge in [0.15, 0.2) is 0 Å². The summed E-state index contributed by atoms with van der Waals surface area (Å²) in [5.74, 6) is 0.536. The molecule has 0 aromatic rings. The normalized spacial score (nSPS) is 12.3. The van der Waals surface area contributed by atoms with E-state index in [0.717, 1.165) is 64.2 Å². The molecule has 0 radical (unpaired) electrons. The van der Waals surface area contributed by atoms with Crippen LogP contribution in [0.5, 0.6) is 0 Å². The standard InChI is InChI=1S/C24H46O2.H3N/c1-6-11-12-13-14-15-16-17-19-23(25)26-24(20-8-3,21-9-4)22(10-5)18-7-2;/h6,22H,1,7-21H2,2-5H3;1H3. The van der Waals surface area contributed by atoms with Gasteiger partial charge in [0.2, 0.25) is 0 Å². The van der Waals surface area contributed by atoms with Gasteiger partial charge in [0.25, 0.3) is 0 Å². The first-order chi connectivity index (χ1) is 12.6. The highest BCUT2D eigenvalue weighted by Crippen LogP contribution is 2.38. The van der Waals surface area contributed by atoms with Gasteiger partial charge in [-0.15, -0.1) is 6.58 Å². The maximum Gasteiger partial charge on any atom is 0.306 e. The maximum atomic E-state index is 12.6. The van der Waals surface area contributed by atoms with Gasteiger partial charge >= 0.3 is 5.97 Å². The van der Waals surface area contributed by atoms with Gasteiger partial charge in [-0.3, -0.25) is 4.79 Å². The quantitative estimate of drug-likeness (QED) is 0.147. The van der Waals surface area contributed by atoms with Crippen LogP contribution in [-0.2, 0) is 9.53 Å². The van der Waals surface area contributed by atoms with Crippen molar-refractivity contribution in [2.24, 2.45) is 5.92 Å². The zero-order chi connectivity index (χ0) is 19.7. The average Bonchev–Trinajstić information content (AvgIpc) is 2.62. The molecule has 0 aromatic carbocycles. The van der Waals surface area contributed by atoms with Gasteiger partial charge in [0.1, 0.15) is 5.60 Å². The summed E-state index contributed by atoms with van der Waals surface area (Å²) in [7, 11) is 0. The van der Waals surface area contributed by atoms with Crippen LogP contribution in [0.2, 0.25) is 0 Å². The lowest BCUT2D eigenvalue weighted by Gasteiger charge is -2.40. The van der Waals surface area contributed by atoms with E-state index in [2.05, 4.69) is 34.3 Å². The lowest BCUT2D eigenvalue weighted by atomic mass is 9.76. The first-order valence-electron chi connectivity index (χ1n) is 11.4. The predicted molar refractivity (Wildman–Crippen MR) is 119 cm³/mol. The van der Waals surface area contributed by atoms with E-state index in [9.17, 15) is 4.79 Å². The number of allylic oxidation sites excluding steroid dienone is 1. The number of rotatable bonds is 18. The van der Waals surface area contributed by atoms with Gasteiger partial charge in [-0.1, -0.05) is 78.7 Å². The lowest BCUT2D eigenvalue weighted by molar-refractivity contribution is -0.170. The summed E-state index contributed by atoms with van der Waals surface area (Å²) in [5.41, 5.74) is -0.226. The van der Waals surface area contributed by atoms with E-state index in [-0.39, 0.29) is 17.7 Å². The van der Waals surface area contributed by atoms with Crippen molar-refractivity contribution in [3.8, 4) is 0 Å². The Morgan fingerprint density at radius 3 is 1.96 bits per heavy atom. The molecule has 0 heterocycles. The first-order valence-corrected chi connectivity index (χ1v) is 11.4. The Kier molecular flexibility index (Phi) is 19.5. The molecule has 1 atom stereocenters. The van der Waals surface area contributed by atoms with Crippen LogP contribution >= 0.6 is 0 Å². The van der Waals surface area contributed by atoms with Crippen LogP contribution in [0.3, 0.4) is 0 Å². The van der Waals surface area contributed by atoms with Crippen molar-refractivity contribution < 1.29 is 9.53 Å². The van der Waals surface area contributed by atoms with Crippen molar-refractivity contribution in [2.45, 2.75) is 130 Å². The van der Waals surface area contributed by atoms with Crippen molar-refractivity contribution in [3.63, 3.8) is 0 Å². The fraction of sp³-hybridized carbons (Fsp3) is 0.875. The van der Waals surface area contributed by atoms with Crippen molar-refractivity contribution in [1.82, 2.24) is 6.15 Å². The number of carbonyl (C=O) groups excluding carboxylic acids is 1. The van der Waals surface area contributed by atoms with Gasteiger partial charge in [-0.05, 0) is 50.9 Å². The molecular weight excluding hydrogens is 334 g/mol. The third-order valence-electron chi connectivity index (χ3n) is 5.58. The van der Waals surface area contributed by atoms with E-state index in [0.29, 0.717) is 12.3 Å². The molecule has 0 saturated carbocycles. The maximum absolute atomic E-state index is 12.6. The number of carbonyl (C=O) groups is 1. The van der Waals surface area contributed by atoms with Crippen molar-refractivity contribution in [3.05, 3.63) is 12.7 Å². The lowest BCUT2D eigenvalue weighted by Crippen LogP contribution is -2.42. The van der Waals surface area contributed by atoms with E-state index in [4.69, 9.17) is 4.74 Å². The zero-order valence-corrected chi connectivity index (χ0v) is 19.0. The smallest absolute Gasteiger partial charge is 0.306 e. The number of esters is 1. The summed E-state index contributed by atoms with van der Waals surface area (Å²) in [5, 5.41) is 0. The number of hydrogen-bond acceptors (Lipinski definition) is 3. The Bertz CT molecular complexity index is 348. The molecule has 1 unspecified atom stereocenters. The van der Waals surface area contributed by atoms with Crippen molar-refractivity contribution in [2.75, 3.05) is 0 Å². The Hall–Kier alpha value is -0.830. The van der Waals surface area contributed by atoms with Crippen LogP contribution in [0.25, 0.3) is 0 Å². The van der Waals surface area contributed by atoms with Gasteiger partial charge in [0.05, 0.1) is 0 Å². The van der Waals surface area contributed by atoms with Crippen LogP contribution in [0.15, 0.2) is 12.7 Å². The summed E-state index contributed by atoms with van der Waals surface area (Å²) in [4.78, 5) is 12.6. The number of ether oxygens (including phenoxy) is 1. The minimum absolute atomic E-state index is 0. The van der Waals surface area contributed by atoms with Crippen LogP contribution in [0, 0.1) is 5.92 Å². The van der Waals surface area contributed by atoms with Crippen LogP contribution < -0.4 is 6.15 Å². The summed E-state index contributed by atoms with van der Waals surface area (Å²) in [6.45, 7) is 12.7. The Morgan fingerprint density at radius 1 is 0.926 bits per heavy atom. The third-order valence-corrected chi connectivity index (χ3v) is 5.58. The Morgan fingerprint density at radius 2 is 1.48 bits per heavy atom. The Labute approximate surface area is 170 Å². The second kappa shape index (κ2) is 18.5. The van der Waals surface area contributed by atoms with Gasteiger partial charge in [0, 0.05) is 6.42 Å². The largest absolute Gasteiger partial charge is 0.459 e. The van der Waals surface area contributed by atoms with Crippen molar-refractivity contribution >= 4 is 5.97 Å². The minimum atomic E-state index is -0.226. The van der Waals surface area contributed by atoms with E-state index in [1.807, 2.05) is 6.08 Å². The summed E-state index contributed by atoms with van der Waals surface area (Å²) in [6, 6.07) is 0. The molecule has 3 nitrogen and oxygen atoms in total. The van der Waals surface area contributed by atoms with Crippen LogP contribution in [0.1, 0.15) is 124 Å². The minimum Gasteiger partial charge on any atom is -0.459 e. The molecule has 0 aliphatic heterocycles. The molecule has 162 valence electrons. The molecule has 0 bridgehead atoms. The molecule has 0 aromatic heterocycles. The molecular formula is C24H49NO2. The second-order valence-electron chi connectivity index (χ2n) is 7.88. The average molecular weight is 384 g/mol. The Balaban J connectivity index is 0. The monoisotopic (exact) mass is 383 g/mol. The molecule has 27 heavy (non-hydrogen) atoms. The summed E-state index contributed by atoms with van der Waals surface area (Å²) >= 11 is 0. The molecule has 0 rings (SSSR count). The van der Waals surface area contributed by atoms with Gasteiger partial charge in [-0.25, -0.2) is 0 Å². The fourth-order valence-corrected chi connectivity index (χ4v) is 4.30. The number of hydrogen-bond donors (Lipinski definition) is 1. The van der Waals surface area contributed by atoms with Crippen molar-refractivity contribution in [1.29, 1.82) is 0 Å². The first kappa shape index (κ1) is 28.4. The fourth-order valence-electron chi connectivity index (χ4n) is 4.30. The molecule has 3 heteroatoms. The molecule has 0 aliphatic carbocycles. The molecule has 0 aliphatic rings. The highest BCUT2D eigenvalue weighted by Gasteiger charge is 2.39. The van der Waals surface area contributed by atoms with E-state index in [1.165, 1.54) is 25.7 Å². The molecule has 0 amide bonds. The second-order valence-corrected chi connectivity index (χ2v) is 7.88. The van der Waals surface area contributed by atoms with Gasteiger partial charge in [-0.2, -0.15) is 0 Å². The highest BCUT2D eigenvalue weighted by molar-refractivity contribution is 5.69. The summed E-state index contributed by atoms with van der Waals surface area (Å²) < 4.78 is 6.23. The van der Waals surface area contributed by atoms with E-state index in [1.54, 1.807) is 0 Å². The highest BCUT2D eigenvalue weighted by atomic mass is 16.6. The molecule has 3 N–H and O–H groups in total. The topological polar surface area (TPSA) is 61.3 Å². The molecule has 0 saturated heterocycles. The zero-order valence-electron chi connectivity index (χ0n) is 19.0. The SMILES string of the molecule is C=CCCCCCCCCC(=O)OC(CCC)(CCC)C(CC)CCC.N. The third kappa shape index (κ3) is 12.3. The van der Waals surface area contributed by atoms with E-state index < -0.39 is 0 Å². The van der Waals surface area contributed by atoms with Gasteiger partial charge < -0.3 is 10.9 Å². The van der Waals surface area contributed by atoms with Crippen LogP contribution in [-0.4, -0.2) is 11.6 Å². The van der Waals surface area contributed by atoms with Crippen LogP contribution in [0.4, 0.5) is 0 Å². The predicted octanol–water partition coefficient (Wildman–Crippen LogP) is 8.16. The summed E-state index contributed by atoms with van der Waals surface area (Å²) in [6.07, 6.45) is 18.5. The van der Waals surface area contributed by atoms with E-state index >= 15 is 0 Å².